The molecule has 0 saturated heterocycles. The fourth-order valence-electron chi connectivity index (χ4n) is 2.00. The zero-order valence-electron chi connectivity index (χ0n) is 12.1. The molecule has 5 heteroatoms. The molecule has 0 aliphatic rings. The van der Waals surface area contributed by atoms with E-state index in [9.17, 15) is 4.79 Å². The van der Waals surface area contributed by atoms with Crippen LogP contribution < -0.4 is 5.73 Å². The number of nitrogens with zero attached hydrogens (tertiary/aromatic N) is 2. The van der Waals surface area contributed by atoms with E-state index in [1.165, 1.54) is 5.56 Å². The Bertz CT molecular complexity index is 444. The first-order valence-electron chi connectivity index (χ1n) is 6.84. The molecule has 0 fully saturated rings. The molecule has 1 aromatic carbocycles. The smallest absolute Gasteiger partial charge is 0.223 e. The van der Waals surface area contributed by atoms with Crippen molar-refractivity contribution < 1.29 is 10.0 Å². The summed E-state index contributed by atoms with van der Waals surface area (Å²) in [4.78, 5) is 13.8. The maximum absolute atomic E-state index is 12.2. The summed E-state index contributed by atoms with van der Waals surface area (Å²) in [6.07, 6.45) is 2.14. The highest BCUT2D eigenvalue weighted by molar-refractivity contribution is 5.87. The summed E-state index contributed by atoms with van der Waals surface area (Å²) in [5, 5.41) is 11.5. The van der Waals surface area contributed by atoms with Crippen molar-refractivity contribution in [3.05, 3.63) is 35.9 Å². The number of aryl methyl sites for hydroxylation is 1. The molecular weight excluding hydrogens is 254 g/mol. The van der Waals surface area contributed by atoms with E-state index in [4.69, 9.17) is 10.9 Å². The third kappa shape index (κ3) is 5.30. The Hall–Kier alpha value is -2.04. The molecule has 0 radical (unpaired) electrons. The first-order chi connectivity index (χ1) is 9.54. The molecule has 1 rings (SSSR count). The molecule has 0 spiro atoms. The number of benzene rings is 1. The molecule has 0 unspecified atom stereocenters. The van der Waals surface area contributed by atoms with Crippen LogP contribution in [-0.2, 0) is 11.2 Å². The first-order valence-corrected chi connectivity index (χ1v) is 6.84. The molecule has 3 N–H and O–H groups in total. The zero-order chi connectivity index (χ0) is 15.0. The van der Waals surface area contributed by atoms with Gasteiger partial charge in [-0.05, 0) is 32.3 Å². The highest BCUT2D eigenvalue weighted by atomic mass is 16.4. The second-order valence-corrected chi connectivity index (χ2v) is 5.05. The van der Waals surface area contributed by atoms with E-state index in [0.717, 1.165) is 12.8 Å². The van der Waals surface area contributed by atoms with Crippen molar-refractivity contribution in [2.45, 2.75) is 39.2 Å². The number of carbonyl (C=O) groups excluding carboxylic acids is 1. The summed E-state index contributed by atoms with van der Waals surface area (Å²) in [7, 11) is 0. The van der Waals surface area contributed by atoms with Crippen LogP contribution in [0.4, 0.5) is 0 Å². The van der Waals surface area contributed by atoms with Crippen molar-refractivity contribution in [1.29, 1.82) is 0 Å². The molecule has 5 nitrogen and oxygen atoms in total. The third-order valence-electron chi connectivity index (χ3n) is 3.10. The standard InChI is InChI=1S/C15H23N3O2/c1-12(2)18(11-14(16)17-20)15(19)10-6-9-13-7-4-3-5-8-13/h3-5,7-8,12,20H,6,9-11H2,1-2H3,(H2,16,17). The largest absolute Gasteiger partial charge is 0.409 e. The Kier molecular flexibility index (Phi) is 6.56. The molecule has 0 atom stereocenters. The maximum Gasteiger partial charge on any atom is 0.223 e. The van der Waals surface area contributed by atoms with Crippen molar-refractivity contribution in [2.24, 2.45) is 10.9 Å². The minimum Gasteiger partial charge on any atom is -0.409 e. The first kappa shape index (κ1) is 16.0. The molecule has 0 saturated carbocycles. The molecule has 0 heterocycles. The van der Waals surface area contributed by atoms with Gasteiger partial charge in [0, 0.05) is 12.5 Å². The van der Waals surface area contributed by atoms with E-state index in [2.05, 4.69) is 17.3 Å². The predicted molar refractivity (Wildman–Crippen MR) is 79.6 cm³/mol. The molecule has 20 heavy (non-hydrogen) atoms. The minimum absolute atomic E-state index is 0.0273. The van der Waals surface area contributed by atoms with Gasteiger partial charge in [-0.3, -0.25) is 4.79 Å². The highest BCUT2D eigenvalue weighted by Crippen LogP contribution is 2.08. The number of hydrogen-bond acceptors (Lipinski definition) is 3. The number of nitrogens with two attached hydrogens (primary N) is 1. The Balaban J connectivity index is 2.46. The fourth-order valence-corrected chi connectivity index (χ4v) is 2.00. The number of rotatable bonds is 7. The molecule has 1 amide bonds. The predicted octanol–water partition coefficient (Wildman–Crippen LogP) is 1.99. The van der Waals surface area contributed by atoms with Crippen LogP contribution in [0.3, 0.4) is 0 Å². The van der Waals surface area contributed by atoms with Gasteiger partial charge in [0.15, 0.2) is 5.84 Å². The van der Waals surface area contributed by atoms with Gasteiger partial charge < -0.3 is 15.8 Å². The number of oxime groups is 1. The zero-order valence-corrected chi connectivity index (χ0v) is 12.1. The molecule has 1 aromatic rings. The lowest BCUT2D eigenvalue weighted by molar-refractivity contribution is -0.132. The average molecular weight is 277 g/mol. The molecule has 0 aliphatic carbocycles. The topological polar surface area (TPSA) is 78.9 Å². The van der Waals surface area contributed by atoms with Crippen molar-refractivity contribution >= 4 is 11.7 Å². The molecule has 0 aromatic heterocycles. The van der Waals surface area contributed by atoms with Gasteiger partial charge in [-0.1, -0.05) is 35.5 Å². The van der Waals surface area contributed by atoms with Crippen molar-refractivity contribution in [3.8, 4) is 0 Å². The van der Waals surface area contributed by atoms with Gasteiger partial charge in [-0.15, -0.1) is 0 Å². The third-order valence-corrected chi connectivity index (χ3v) is 3.10. The van der Waals surface area contributed by atoms with Crippen molar-refractivity contribution in [2.75, 3.05) is 6.54 Å². The number of amidine groups is 1. The number of carbonyl (C=O) groups is 1. The van der Waals surface area contributed by atoms with Crippen LogP contribution in [0.5, 0.6) is 0 Å². The lowest BCUT2D eigenvalue weighted by atomic mass is 10.1. The second-order valence-electron chi connectivity index (χ2n) is 5.05. The minimum atomic E-state index is 0.0273. The second kappa shape index (κ2) is 8.19. The average Bonchev–Trinajstić information content (AvgIpc) is 2.45. The molecule has 110 valence electrons. The lowest BCUT2D eigenvalue weighted by Crippen LogP contribution is -2.42. The van der Waals surface area contributed by atoms with Crippen LogP contribution in [0.2, 0.25) is 0 Å². The number of hydrogen-bond donors (Lipinski definition) is 2. The number of amides is 1. The van der Waals surface area contributed by atoms with E-state index in [1.807, 2.05) is 32.0 Å². The van der Waals surface area contributed by atoms with Crippen LogP contribution in [0, 0.1) is 0 Å². The van der Waals surface area contributed by atoms with Crippen molar-refractivity contribution in [1.82, 2.24) is 4.90 Å². The summed E-state index contributed by atoms with van der Waals surface area (Å²) in [5.41, 5.74) is 6.70. The normalized spacial score (nSPS) is 11.7. The van der Waals surface area contributed by atoms with Gasteiger partial charge in [0.05, 0.1) is 6.54 Å². The summed E-state index contributed by atoms with van der Waals surface area (Å²) in [6.45, 7) is 4.00. The van der Waals surface area contributed by atoms with E-state index < -0.39 is 0 Å². The lowest BCUT2D eigenvalue weighted by Gasteiger charge is -2.26. The van der Waals surface area contributed by atoms with Gasteiger partial charge in [-0.2, -0.15) is 0 Å². The monoisotopic (exact) mass is 277 g/mol. The van der Waals surface area contributed by atoms with Crippen LogP contribution >= 0.6 is 0 Å². The van der Waals surface area contributed by atoms with E-state index in [-0.39, 0.29) is 24.3 Å². The van der Waals surface area contributed by atoms with Crippen molar-refractivity contribution in [3.63, 3.8) is 0 Å². The molecule has 0 bridgehead atoms. The van der Waals surface area contributed by atoms with E-state index in [1.54, 1.807) is 4.90 Å². The van der Waals surface area contributed by atoms with Gasteiger partial charge in [0.2, 0.25) is 5.91 Å². The maximum atomic E-state index is 12.2. The van der Waals surface area contributed by atoms with Crippen LogP contribution in [0.15, 0.2) is 35.5 Å². The van der Waals surface area contributed by atoms with Crippen LogP contribution in [0.1, 0.15) is 32.3 Å². The summed E-state index contributed by atoms with van der Waals surface area (Å²) >= 11 is 0. The van der Waals surface area contributed by atoms with Crippen LogP contribution in [0.25, 0.3) is 0 Å². The quantitative estimate of drug-likeness (QED) is 0.346. The van der Waals surface area contributed by atoms with E-state index >= 15 is 0 Å². The Morgan fingerprint density at radius 1 is 1.35 bits per heavy atom. The Labute approximate surface area is 120 Å². The molecule has 0 aliphatic heterocycles. The van der Waals surface area contributed by atoms with E-state index in [0.29, 0.717) is 6.42 Å². The summed E-state index contributed by atoms with van der Waals surface area (Å²) in [6, 6.07) is 10.1. The summed E-state index contributed by atoms with van der Waals surface area (Å²) in [5.74, 6) is 0.0811. The Morgan fingerprint density at radius 3 is 2.55 bits per heavy atom. The SMILES string of the molecule is CC(C)N(CC(N)=NO)C(=O)CCCc1ccccc1. The highest BCUT2D eigenvalue weighted by Gasteiger charge is 2.17. The van der Waals surface area contributed by atoms with Gasteiger partial charge >= 0.3 is 0 Å². The van der Waals surface area contributed by atoms with Crippen LogP contribution in [-0.4, -0.2) is 34.4 Å². The van der Waals surface area contributed by atoms with Gasteiger partial charge in [0.1, 0.15) is 0 Å². The fraction of sp³-hybridized carbons (Fsp3) is 0.467. The Morgan fingerprint density at radius 2 is 2.00 bits per heavy atom. The van der Waals surface area contributed by atoms with Gasteiger partial charge in [-0.25, -0.2) is 0 Å². The molecular formula is C15H23N3O2. The van der Waals surface area contributed by atoms with Gasteiger partial charge in [0.25, 0.3) is 0 Å². The summed E-state index contributed by atoms with van der Waals surface area (Å²) < 4.78 is 0.